The highest BCUT2D eigenvalue weighted by atomic mass is 16.2. The van der Waals surface area contributed by atoms with E-state index in [1.807, 2.05) is 4.90 Å². The van der Waals surface area contributed by atoms with Gasteiger partial charge in [-0.05, 0) is 37.1 Å². The van der Waals surface area contributed by atoms with E-state index < -0.39 is 0 Å². The smallest absolute Gasteiger partial charge is 0.261 e. The first-order valence-corrected chi connectivity index (χ1v) is 11.1. The number of likely N-dealkylation sites (N-methyl/N-ethyl adjacent to an activating group) is 1. The number of aryl methyl sites for hydroxylation is 1. The van der Waals surface area contributed by atoms with Gasteiger partial charge in [0.25, 0.3) is 11.8 Å². The van der Waals surface area contributed by atoms with Crippen LogP contribution in [0.1, 0.15) is 57.0 Å². The highest BCUT2D eigenvalue weighted by molar-refractivity contribution is 6.21. The number of quaternary nitrogens is 1. The molecule has 2 aromatic carbocycles. The van der Waals surface area contributed by atoms with E-state index in [1.54, 1.807) is 24.3 Å². The van der Waals surface area contributed by atoms with Gasteiger partial charge in [-0.15, -0.1) is 0 Å². The van der Waals surface area contributed by atoms with Crippen molar-refractivity contribution in [1.29, 1.82) is 0 Å². The minimum atomic E-state index is -0.256. The molecular formula is C25H28N3O3+. The molecule has 0 spiro atoms. The van der Waals surface area contributed by atoms with Crippen LogP contribution in [0.2, 0.25) is 0 Å². The molecule has 6 heteroatoms. The average Bonchev–Trinajstić information content (AvgIpc) is 3.20. The third kappa shape index (κ3) is 3.26. The molecule has 1 unspecified atom stereocenters. The summed E-state index contributed by atoms with van der Waals surface area (Å²) in [5, 5.41) is 0. The molecule has 0 aromatic heterocycles. The molecule has 1 N–H and O–H groups in total. The van der Waals surface area contributed by atoms with Crippen LogP contribution in [0.3, 0.4) is 0 Å². The molecule has 0 bridgehead atoms. The Hall–Kier alpha value is -2.99. The molecule has 5 rings (SSSR count). The zero-order chi connectivity index (χ0) is 21.7. The Bertz CT molecular complexity index is 1040. The van der Waals surface area contributed by atoms with Crippen LogP contribution in [0.15, 0.2) is 42.5 Å². The van der Waals surface area contributed by atoms with E-state index in [0.29, 0.717) is 29.9 Å². The zero-order valence-corrected chi connectivity index (χ0v) is 18.1. The molecule has 0 saturated carbocycles. The Morgan fingerprint density at radius 2 is 1.81 bits per heavy atom. The topological polar surface area (TPSA) is 62.1 Å². The van der Waals surface area contributed by atoms with Crippen molar-refractivity contribution >= 4 is 23.4 Å². The molecule has 3 aliphatic rings. The predicted molar refractivity (Wildman–Crippen MR) is 117 cm³/mol. The van der Waals surface area contributed by atoms with Crippen molar-refractivity contribution in [3.8, 4) is 0 Å². The first-order chi connectivity index (χ1) is 15.0. The van der Waals surface area contributed by atoms with Gasteiger partial charge in [-0.3, -0.25) is 19.3 Å². The summed E-state index contributed by atoms with van der Waals surface area (Å²) in [7, 11) is 2.22. The summed E-state index contributed by atoms with van der Waals surface area (Å²) in [6, 6.07) is 13.5. The molecule has 31 heavy (non-hydrogen) atoms. The van der Waals surface area contributed by atoms with E-state index in [9.17, 15) is 14.4 Å². The van der Waals surface area contributed by atoms with Gasteiger partial charge in [0.05, 0.1) is 43.2 Å². The zero-order valence-electron chi connectivity index (χ0n) is 18.1. The van der Waals surface area contributed by atoms with Gasteiger partial charge in [0.2, 0.25) is 5.91 Å². The number of carbonyl (C=O) groups is 3. The number of anilines is 1. The highest BCUT2D eigenvalue weighted by Crippen LogP contribution is 2.43. The first kappa shape index (κ1) is 19.9. The largest absolute Gasteiger partial charge is 0.337 e. The van der Waals surface area contributed by atoms with E-state index in [-0.39, 0.29) is 30.3 Å². The molecule has 6 nitrogen and oxygen atoms in total. The number of hydrogen-bond acceptors (Lipinski definition) is 3. The number of hydrogen-bond donors (Lipinski definition) is 1. The maximum atomic E-state index is 13.3. The highest BCUT2D eigenvalue weighted by Gasteiger charge is 2.45. The second kappa shape index (κ2) is 7.61. The van der Waals surface area contributed by atoms with Crippen molar-refractivity contribution in [3.63, 3.8) is 0 Å². The molecule has 3 amide bonds. The maximum Gasteiger partial charge on any atom is 0.261 e. The molecule has 3 aliphatic heterocycles. The second-order valence-corrected chi connectivity index (χ2v) is 9.11. The molecule has 0 radical (unpaired) electrons. The summed E-state index contributed by atoms with van der Waals surface area (Å²) in [5.41, 5.74) is 4.47. The number of nitrogens with zero attached hydrogens (tertiary/aromatic N) is 2. The SMILES string of the molecule is Cc1ccc2c(c1)[C@@H]1C[NH+](C)CC[C@@H]1N2C(=O)CCCN1C(=O)c2ccccc2C1=O. The lowest BCUT2D eigenvalue weighted by Crippen LogP contribution is -3.11. The summed E-state index contributed by atoms with van der Waals surface area (Å²) in [4.78, 5) is 43.2. The van der Waals surface area contributed by atoms with E-state index in [0.717, 1.165) is 25.2 Å². The Morgan fingerprint density at radius 3 is 2.52 bits per heavy atom. The fraction of sp³-hybridized carbons (Fsp3) is 0.400. The minimum Gasteiger partial charge on any atom is -0.337 e. The second-order valence-electron chi connectivity index (χ2n) is 9.11. The average molecular weight is 419 g/mol. The lowest BCUT2D eigenvalue weighted by molar-refractivity contribution is -0.886. The standard InChI is InChI=1S/C25H27N3O3/c1-16-9-10-21-19(14-16)20-15-26(2)13-11-22(20)28(21)23(29)8-5-12-27-24(30)17-6-3-4-7-18(17)25(27)31/h3-4,6-7,9-10,14,20,22H,5,8,11-13,15H2,1-2H3/p+1/t20-,22-/m0/s1. The monoisotopic (exact) mass is 418 g/mol. The molecule has 1 fully saturated rings. The van der Waals surface area contributed by atoms with E-state index >= 15 is 0 Å². The van der Waals surface area contributed by atoms with Gasteiger partial charge in [-0.2, -0.15) is 0 Å². The fourth-order valence-electron chi connectivity index (χ4n) is 5.47. The lowest BCUT2D eigenvalue weighted by atomic mass is 9.89. The number of benzene rings is 2. The molecule has 0 aliphatic carbocycles. The predicted octanol–water partition coefficient (Wildman–Crippen LogP) is 1.79. The van der Waals surface area contributed by atoms with Gasteiger partial charge >= 0.3 is 0 Å². The summed E-state index contributed by atoms with van der Waals surface area (Å²) >= 11 is 0. The Balaban J connectivity index is 1.29. The quantitative estimate of drug-likeness (QED) is 0.770. The van der Waals surface area contributed by atoms with Crippen molar-refractivity contribution in [2.75, 3.05) is 31.6 Å². The minimum absolute atomic E-state index is 0.0914. The number of likely N-dealkylation sites (tertiary alicyclic amines) is 1. The molecule has 3 atom stereocenters. The number of carbonyl (C=O) groups excluding carboxylic acids is 3. The Morgan fingerprint density at radius 1 is 1.10 bits per heavy atom. The van der Waals surface area contributed by atoms with Crippen LogP contribution in [0, 0.1) is 6.92 Å². The third-order valence-corrected chi connectivity index (χ3v) is 6.99. The van der Waals surface area contributed by atoms with Crippen LogP contribution < -0.4 is 9.80 Å². The lowest BCUT2D eigenvalue weighted by Gasteiger charge is -2.34. The molecular weight excluding hydrogens is 390 g/mol. The summed E-state index contributed by atoms with van der Waals surface area (Å²) in [6.07, 6.45) is 1.80. The third-order valence-electron chi connectivity index (χ3n) is 6.99. The van der Waals surface area contributed by atoms with Crippen molar-refractivity contribution in [2.45, 2.75) is 38.1 Å². The van der Waals surface area contributed by atoms with E-state index in [2.05, 4.69) is 32.2 Å². The molecule has 3 heterocycles. The Labute approximate surface area is 182 Å². The number of amides is 3. The van der Waals surface area contributed by atoms with Crippen LogP contribution in [-0.2, 0) is 4.79 Å². The first-order valence-electron chi connectivity index (χ1n) is 11.1. The van der Waals surface area contributed by atoms with Crippen molar-refractivity contribution in [1.82, 2.24) is 4.90 Å². The van der Waals surface area contributed by atoms with Crippen LogP contribution >= 0.6 is 0 Å². The number of nitrogens with one attached hydrogen (secondary N) is 1. The van der Waals surface area contributed by atoms with Crippen molar-refractivity contribution in [2.24, 2.45) is 0 Å². The number of piperidine rings is 1. The fourth-order valence-corrected chi connectivity index (χ4v) is 5.47. The summed E-state index contributed by atoms with van der Waals surface area (Å²) in [6.45, 7) is 4.47. The summed E-state index contributed by atoms with van der Waals surface area (Å²) in [5.74, 6) is -0.0422. The summed E-state index contributed by atoms with van der Waals surface area (Å²) < 4.78 is 0. The molecule has 1 saturated heterocycles. The van der Waals surface area contributed by atoms with E-state index in [4.69, 9.17) is 0 Å². The van der Waals surface area contributed by atoms with Crippen molar-refractivity contribution in [3.05, 3.63) is 64.7 Å². The van der Waals surface area contributed by atoms with Crippen LogP contribution in [0.25, 0.3) is 0 Å². The Kier molecular flexibility index (Phi) is 4.89. The normalized spacial score (nSPS) is 24.3. The number of imide groups is 1. The number of rotatable bonds is 4. The van der Waals surface area contributed by atoms with Gasteiger partial charge in [0, 0.05) is 25.1 Å². The van der Waals surface area contributed by atoms with Crippen LogP contribution in [0.5, 0.6) is 0 Å². The van der Waals surface area contributed by atoms with Gasteiger partial charge < -0.3 is 9.80 Å². The number of fused-ring (bicyclic) bond motifs is 4. The van der Waals surface area contributed by atoms with Crippen molar-refractivity contribution < 1.29 is 19.3 Å². The van der Waals surface area contributed by atoms with Crippen LogP contribution in [0.4, 0.5) is 5.69 Å². The van der Waals surface area contributed by atoms with E-state index in [1.165, 1.54) is 20.9 Å². The van der Waals surface area contributed by atoms with Gasteiger partial charge in [0.1, 0.15) is 0 Å². The van der Waals surface area contributed by atoms with Crippen LogP contribution in [-0.4, -0.2) is 55.3 Å². The molecule has 2 aromatic rings. The van der Waals surface area contributed by atoms with Gasteiger partial charge in [0.15, 0.2) is 0 Å². The molecule has 160 valence electrons. The maximum absolute atomic E-state index is 13.3. The van der Waals surface area contributed by atoms with Gasteiger partial charge in [-0.25, -0.2) is 0 Å². The van der Waals surface area contributed by atoms with Gasteiger partial charge in [-0.1, -0.05) is 29.8 Å².